The zero-order chi connectivity index (χ0) is 17.1. The predicted molar refractivity (Wildman–Crippen MR) is 82.4 cm³/mol. The van der Waals surface area contributed by atoms with Gasteiger partial charge in [-0.2, -0.15) is 5.26 Å². The van der Waals surface area contributed by atoms with Crippen LogP contribution in [-0.2, 0) is 0 Å². The molecule has 0 saturated carbocycles. The van der Waals surface area contributed by atoms with Crippen LogP contribution in [0.3, 0.4) is 0 Å². The van der Waals surface area contributed by atoms with Crippen molar-refractivity contribution < 1.29 is 14.5 Å². The Hall–Kier alpha value is -3.47. The first-order valence-electron chi connectivity index (χ1n) is 7.14. The van der Waals surface area contributed by atoms with Gasteiger partial charge in [-0.3, -0.25) is 14.9 Å². The van der Waals surface area contributed by atoms with Crippen LogP contribution in [0.15, 0.2) is 42.6 Å². The first-order chi connectivity index (χ1) is 11.6. The van der Waals surface area contributed by atoms with E-state index in [0.29, 0.717) is 5.56 Å². The van der Waals surface area contributed by atoms with Crippen LogP contribution in [-0.4, -0.2) is 39.9 Å². The standard InChI is InChI=1S/C16H12N4O4/c17-8-11-4-3-7-18-15(11)24-12-9-19(10-12)16(21)13-5-1-2-6-14(13)20(22)23/h1-7,12H,9-10H2. The van der Waals surface area contributed by atoms with Crippen molar-refractivity contribution in [2.75, 3.05) is 13.1 Å². The molecule has 1 fully saturated rings. The fourth-order valence-corrected chi connectivity index (χ4v) is 2.39. The quantitative estimate of drug-likeness (QED) is 0.626. The van der Waals surface area contributed by atoms with E-state index in [9.17, 15) is 14.9 Å². The van der Waals surface area contributed by atoms with Crippen molar-refractivity contribution in [3.8, 4) is 11.9 Å². The number of rotatable bonds is 4. The second kappa shape index (κ2) is 6.34. The summed E-state index contributed by atoms with van der Waals surface area (Å²) in [6.07, 6.45) is 1.23. The summed E-state index contributed by atoms with van der Waals surface area (Å²) in [7, 11) is 0. The number of nitro benzene ring substituents is 1. The lowest BCUT2D eigenvalue weighted by Gasteiger charge is -2.38. The molecule has 0 unspecified atom stereocenters. The van der Waals surface area contributed by atoms with Crippen molar-refractivity contribution in [1.29, 1.82) is 5.26 Å². The molecule has 8 nitrogen and oxygen atoms in total. The number of amides is 1. The third-order valence-electron chi connectivity index (χ3n) is 3.64. The number of likely N-dealkylation sites (tertiary alicyclic amines) is 1. The number of aromatic nitrogens is 1. The van der Waals surface area contributed by atoms with Gasteiger partial charge in [-0.25, -0.2) is 4.98 Å². The van der Waals surface area contributed by atoms with Gasteiger partial charge in [-0.05, 0) is 18.2 Å². The summed E-state index contributed by atoms with van der Waals surface area (Å²) >= 11 is 0. The van der Waals surface area contributed by atoms with Crippen molar-refractivity contribution >= 4 is 11.6 Å². The lowest BCUT2D eigenvalue weighted by atomic mass is 10.1. The van der Waals surface area contributed by atoms with Gasteiger partial charge in [0.25, 0.3) is 11.6 Å². The van der Waals surface area contributed by atoms with Crippen LogP contribution in [0.4, 0.5) is 5.69 Å². The van der Waals surface area contributed by atoms with Crippen LogP contribution >= 0.6 is 0 Å². The summed E-state index contributed by atoms with van der Waals surface area (Å²) in [6.45, 7) is 0.568. The summed E-state index contributed by atoms with van der Waals surface area (Å²) in [5.74, 6) is -0.188. The number of carbonyl (C=O) groups excluding carboxylic acids is 1. The van der Waals surface area contributed by atoms with E-state index < -0.39 is 10.8 Å². The van der Waals surface area contributed by atoms with E-state index in [1.807, 2.05) is 6.07 Å². The molecule has 1 aromatic carbocycles. The molecule has 8 heteroatoms. The van der Waals surface area contributed by atoms with E-state index >= 15 is 0 Å². The van der Waals surface area contributed by atoms with E-state index in [-0.39, 0.29) is 36.3 Å². The zero-order valence-electron chi connectivity index (χ0n) is 12.5. The molecule has 2 heterocycles. The molecule has 24 heavy (non-hydrogen) atoms. The van der Waals surface area contributed by atoms with Gasteiger partial charge in [0, 0.05) is 12.3 Å². The molecule has 120 valence electrons. The van der Waals surface area contributed by atoms with Crippen molar-refractivity contribution in [3.63, 3.8) is 0 Å². The average molecular weight is 324 g/mol. The number of hydrogen-bond acceptors (Lipinski definition) is 6. The molecule has 1 amide bonds. The highest BCUT2D eigenvalue weighted by molar-refractivity contribution is 5.98. The predicted octanol–water partition coefficient (Wildman–Crippen LogP) is 1.76. The van der Waals surface area contributed by atoms with E-state index in [0.717, 1.165) is 0 Å². The Morgan fingerprint density at radius 3 is 2.79 bits per heavy atom. The van der Waals surface area contributed by atoms with Crippen LogP contribution < -0.4 is 4.74 Å². The summed E-state index contributed by atoms with van der Waals surface area (Å²) in [5.41, 5.74) is 0.154. The lowest BCUT2D eigenvalue weighted by molar-refractivity contribution is -0.385. The van der Waals surface area contributed by atoms with E-state index in [2.05, 4.69) is 4.98 Å². The summed E-state index contributed by atoms with van der Waals surface area (Å²) in [6, 6.07) is 11.0. The SMILES string of the molecule is N#Cc1cccnc1OC1CN(C(=O)c2ccccc2[N+](=O)[O-])C1. The molecule has 0 N–H and O–H groups in total. The Labute approximate surface area is 137 Å². The summed E-state index contributed by atoms with van der Waals surface area (Å²) < 4.78 is 5.60. The van der Waals surface area contributed by atoms with Gasteiger partial charge in [-0.15, -0.1) is 0 Å². The Kier molecular flexibility index (Phi) is 4.07. The molecule has 0 spiro atoms. The molecule has 1 aliphatic rings. The maximum atomic E-state index is 12.4. The van der Waals surface area contributed by atoms with Gasteiger partial charge in [-0.1, -0.05) is 12.1 Å². The fourth-order valence-electron chi connectivity index (χ4n) is 2.39. The highest BCUT2D eigenvalue weighted by Gasteiger charge is 2.35. The summed E-state index contributed by atoms with van der Waals surface area (Å²) in [4.78, 5) is 28.3. The molecule has 1 aromatic heterocycles. The monoisotopic (exact) mass is 324 g/mol. The number of pyridine rings is 1. The Balaban J connectivity index is 1.66. The van der Waals surface area contributed by atoms with Gasteiger partial charge < -0.3 is 9.64 Å². The minimum absolute atomic E-state index is 0.0523. The molecule has 0 atom stereocenters. The molecule has 0 radical (unpaired) electrons. The highest BCUT2D eigenvalue weighted by atomic mass is 16.6. The van der Waals surface area contributed by atoms with Crippen LogP contribution in [0.25, 0.3) is 0 Å². The van der Waals surface area contributed by atoms with E-state index in [1.54, 1.807) is 18.2 Å². The molecular formula is C16H12N4O4. The Morgan fingerprint density at radius 2 is 2.08 bits per heavy atom. The average Bonchev–Trinajstić information content (AvgIpc) is 2.57. The number of nitro groups is 1. The number of ether oxygens (including phenoxy) is 1. The van der Waals surface area contributed by atoms with Gasteiger partial charge >= 0.3 is 0 Å². The second-order valence-electron chi connectivity index (χ2n) is 5.19. The first-order valence-corrected chi connectivity index (χ1v) is 7.14. The number of hydrogen-bond donors (Lipinski definition) is 0. The highest BCUT2D eigenvalue weighted by Crippen LogP contribution is 2.24. The minimum Gasteiger partial charge on any atom is -0.470 e. The second-order valence-corrected chi connectivity index (χ2v) is 5.19. The smallest absolute Gasteiger partial charge is 0.282 e. The number of carbonyl (C=O) groups is 1. The van der Waals surface area contributed by atoms with E-state index in [4.69, 9.17) is 10.00 Å². The molecule has 0 aliphatic carbocycles. The van der Waals surface area contributed by atoms with Gasteiger partial charge in [0.15, 0.2) is 0 Å². The van der Waals surface area contributed by atoms with Gasteiger partial charge in [0.2, 0.25) is 5.88 Å². The van der Waals surface area contributed by atoms with Crippen LogP contribution in [0, 0.1) is 21.4 Å². The van der Waals surface area contributed by atoms with Crippen LogP contribution in [0.5, 0.6) is 5.88 Å². The van der Waals surface area contributed by atoms with Gasteiger partial charge in [0.05, 0.1) is 18.0 Å². The third-order valence-corrected chi connectivity index (χ3v) is 3.64. The topological polar surface area (TPSA) is 109 Å². The van der Waals surface area contributed by atoms with Gasteiger partial charge in [0.1, 0.15) is 23.3 Å². The normalized spacial score (nSPS) is 13.7. The number of benzene rings is 1. The lowest BCUT2D eigenvalue weighted by Crippen LogP contribution is -2.56. The zero-order valence-corrected chi connectivity index (χ0v) is 12.5. The number of nitrogens with zero attached hydrogens (tertiary/aromatic N) is 4. The fraction of sp³-hybridized carbons (Fsp3) is 0.188. The van der Waals surface area contributed by atoms with Crippen molar-refractivity contribution in [2.45, 2.75) is 6.10 Å². The maximum absolute atomic E-state index is 12.4. The molecule has 3 rings (SSSR count). The molecular weight excluding hydrogens is 312 g/mol. The van der Waals surface area contributed by atoms with Crippen LogP contribution in [0.2, 0.25) is 0 Å². The first kappa shape index (κ1) is 15.4. The summed E-state index contributed by atoms with van der Waals surface area (Å²) in [5, 5.41) is 20.0. The minimum atomic E-state index is -0.575. The molecule has 1 aliphatic heterocycles. The van der Waals surface area contributed by atoms with Crippen LogP contribution in [0.1, 0.15) is 15.9 Å². The number of para-hydroxylation sites is 1. The molecule has 2 aromatic rings. The Bertz CT molecular complexity index is 840. The third kappa shape index (κ3) is 2.87. The number of nitriles is 1. The largest absolute Gasteiger partial charge is 0.470 e. The van der Waals surface area contributed by atoms with Crippen molar-refractivity contribution in [1.82, 2.24) is 9.88 Å². The van der Waals surface area contributed by atoms with Crippen molar-refractivity contribution in [2.24, 2.45) is 0 Å². The van der Waals surface area contributed by atoms with E-state index in [1.165, 1.54) is 29.3 Å². The maximum Gasteiger partial charge on any atom is 0.282 e. The molecule has 0 bridgehead atoms. The molecule has 1 saturated heterocycles. The van der Waals surface area contributed by atoms with Crippen molar-refractivity contribution in [3.05, 3.63) is 63.8 Å². The Morgan fingerprint density at radius 1 is 1.33 bits per heavy atom.